The minimum atomic E-state index is -3.74. The first-order chi connectivity index (χ1) is 10.8. The van der Waals surface area contributed by atoms with Gasteiger partial charge in [0.05, 0.1) is 17.3 Å². The van der Waals surface area contributed by atoms with Gasteiger partial charge in [-0.15, -0.1) is 0 Å². The highest BCUT2D eigenvalue weighted by Gasteiger charge is 2.32. The molecule has 0 bridgehead atoms. The maximum atomic E-state index is 12.9. The zero-order valence-electron chi connectivity index (χ0n) is 12.7. The molecule has 0 N–H and O–H groups in total. The summed E-state index contributed by atoms with van der Waals surface area (Å²) in [6.45, 7) is 0.396. The van der Waals surface area contributed by atoms with E-state index in [9.17, 15) is 21.2 Å². The van der Waals surface area contributed by atoms with Gasteiger partial charge in [-0.2, -0.15) is 8.61 Å². The van der Waals surface area contributed by atoms with Gasteiger partial charge in [-0.3, -0.25) is 0 Å². The van der Waals surface area contributed by atoms with Crippen molar-refractivity contribution >= 4 is 20.0 Å². The lowest BCUT2D eigenvalue weighted by Crippen LogP contribution is -2.51. The van der Waals surface area contributed by atoms with Gasteiger partial charge in [0.1, 0.15) is 5.82 Å². The van der Waals surface area contributed by atoms with Crippen LogP contribution in [0.5, 0.6) is 0 Å². The van der Waals surface area contributed by atoms with E-state index in [-0.39, 0.29) is 43.4 Å². The Bertz CT molecular complexity index is 726. The lowest BCUT2D eigenvalue weighted by atomic mass is 10.4. The fourth-order valence-electron chi connectivity index (χ4n) is 2.26. The highest BCUT2D eigenvalue weighted by molar-refractivity contribution is 7.89. The van der Waals surface area contributed by atoms with E-state index in [4.69, 9.17) is 4.74 Å². The molecule has 1 aliphatic heterocycles. The molecule has 0 atom stereocenters. The average molecular weight is 366 g/mol. The Balaban J connectivity index is 2.05. The first kappa shape index (κ1) is 18.3. The summed E-state index contributed by atoms with van der Waals surface area (Å²) < 4.78 is 69.1. The molecule has 0 unspecified atom stereocenters. The van der Waals surface area contributed by atoms with E-state index < -0.39 is 25.9 Å². The van der Waals surface area contributed by atoms with Crippen molar-refractivity contribution in [2.75, 3.05) is 45.6 Å². The van der Waals surface area contributed by atoms with Gasteiger partial charge in [0.2, 0.25) is 20.0 Å². The van der Waals surface area contributed by atoms with Crippen LogP contribution in [0.15, 0.2) is 29.2 Å². The molecule has 0 spiro atoms. The normalized spacial score (nSPS) is 18.2. The number of benzene rings is 1. The number of halogens is 1. The van der Waals surface area contributed by atoms with Gasteiger partial charge in [0.15, 0.2) is 0 Å². The van der Waals surface area contributed by atoms with E-state index in [0.717, 1.165) is 12.1 Å². The number of piperazine rings is 1. The van der Waals surface area contributed by atoms with E-state index in [1.54, 1.807) is 0 Å². The molecular weight excluding hydrogens is 347 g/mol. The monoisotopic (exact) mass is 366 g/mol. The average Bonchev–Trinajstić information content (AvgIpc) is 2.53. The molecular formula is C13H19FN2O5S2. The van der Waals surface area contributed by atoms with Crippen molar-refractivity contribution < 1.29 is 26.0 Å². The summed E-state index contributed by atoms with van der Waals surface area (Å²) in [7, 11) is -5.77. The summed E-state index contributed by atoms with van der Waals surface area (Å²) >= 11 is 0. The number of nitrogens with zero attached hydrogens (tertiary/aromatic N) is 2. The molecule has 7 nitrogen and oxygen atoms in total. The van der Waals surface area contributed by atoms with Crippen LogP contribution in [0.4, 0.5) is 4.39 Å². The zero-order chi connectivity index (χ0) is 17.1. The third kappa shape index (κ3) is 4.27. The Labute approximate surface area is 135 Å². The second-order valence-electron chi connectivity index (χ2n) is 5.07. The van der Waals surface area contributed by atoms with Gasteiger partial charge < -0.3 is 4.74 Å². The summed E-state index contributed by atoms with van der Waals surface area (Å²) in [5, 5.41) is 0. The summed E-state index contributed by atoms with van der Waals surface area (Å²) in [4.78, 5) is -0.00501. The van der Waals surface area contributed by atoms with Crippen LogP contribution in [0.25, 0.3) is 0 Å². The van der Waals surface area contributed by atoms with E-state index in [2.05, 4.69) is 0 Å². The maximum Gasteiger partial charge on any atom is 0.243 e. The molecule has 1 fully saturated rings. The van der Waals surface area contributed by atoms with Crippen LogP contribution in [0.1, 0.15) is 0 Å². The Morgan fingerprint density at radius 3 is 2.04 bits per heavy atom. The third-order valence-electron chi connectivity index (χ3n) is 3.59. The summed E-state index contributed by atoms with van der Waals surface area (Å²) in [6, 6.07) is 4.56. The Kier molecular flexibility index (Phi) is 5.74. The largest absolute Gasteiger partial charge is 0.384 e. The zero-order valence-corrected chi connectivity index (χ0v) is 14.3. The number of rotatable bonds is 6. The Hall–Kier alpha value is -1.07. The topological polar surface area (TPSA) is 84.0 Å². The van der Waals surface area contributed by atoms with Crippen molar-refractivity contribution in [3.8, 4) is 0 Å². The van der Waals surface area contributed by atoms with Crippen LogP contribution >= 0.6 is 0 Å². The van der Waals surface area contributed by atoms with Gasteiger partial charge in [-0.25, -0.2) is 21.2 Å². The molecule has 23 heavy (non-hydrogen) atoms. The van der Waals surface area contributed by atoms with Crippen LogP contribution in [0.2, 0.25) is 0 Å². The number of hydrogen-bond acceptors (Lipinski definition) is 5. The molecule has 1 heterocycles. The summed E-state index contributed by atoms with van der Waals surface area (Å²) in [6.07, 6.45) is 0. The molecule has 0 amide bonds. The van der Waals surface area contributed by atoms with E-state index in [1.807, 2.05) is 0 Å². The van der Waals surface area contributed by atoms with Gasteiger partial charge in [0, 0.05) is 33.3 Å². The number of methoxy groups -OCH3 is 1. The van der Waals surface area contributed by atoms with Gasteiger partial charge in [-0.1, -0.05) is 0 Å². The number of ether oxygens (including phenoxy) is 1. The molecule has 130 valence electrons. The smallest absolute Gasteiger partial charge is 0.243 e. The number of hydrogen-bond donors (Lipinski definition) is 0. The van der Waals surface area contributed by atoms with Crippen molar-refractivity contribution in [1.82, 2.24) is 8.61 Å². The fraction of sp³-hybridized carbons (Fsp3) is 0.538. The highest BCUT2D eigenvalue weighted by Crippen LogP contribution is 2.19. The Morgan fingerprint density at radius 2 is 1.52 bits per heavy atom. The molecule has 0 aromatic heterocycles. The first-order valence-electron chi connectivity index (χ1n) is 7.00. The molecule has 10 heteroatoms. The van der Waals surface area contributed by atoms with Crippen LogP contribution in [0.3, 0.4) is 0 Å². The van der Waals surface area contributed by atoms with Crippen LogP contribution in [-0.4, -0.2) is 71.1 Å². The first-order valence-corrected chi connectivity index (χ1v) is 10.0. The molecule has 0 aliphatic carbocycles. The lowest BCUT2D eigenvalue weighted by Gasteiger charge is -2.33. The SMILES string of the molecule is COCCS(=O)(=O)N1CCN(S(=O)(=O)c2ccc(F)cc2)CC1. The van der Waals surface area contributed by atoms with E-state index >= 15 is 0 Å². The van der Waals surface area contributed by atoms with Crippen LogP contribution in [-0.2, 0) is 24.8 Å². The minimum Gasteiger partial charge on any atom is -0.384 e. The molecule has 1 aromatic rings. The van der Waals surface area contributed by atoms with Crippen LogP contribution < -0.4 is 0 Å². The molecule has 1 aromatic carbocycles. The van der Waals surface area contributed by atoms with Gasteiger partial charge >= 0.3 is 0 Å². The summed E-state index contributed by atoms with van der Waals surface area (Å²) in [5.74, 6) is -0.646. The Morgan fingerprint density at radius 1 is 1.00 bits per heavy atom. The second-order valence-corrected chi connectivity index (χ2v) is 9.09. The van der Waals surface area contributed by atoms with Crippen molar-refractivity contribution in [3.05, 3.63) is 30.1 Å². The second kappa shape index (κ2) is 7.22. The van der Waals surface area contributed by atoms with Crippen molar-refractivity contribution in [2.45, 2.75) is 4.90 Å². The molecule has 1 aliphatic rings. The standard InChI is InChI=1S/C13H19FN2O5S2/c1-21-10-11-22(17,18)15-6-8-16(9-7-15)23(19,20)13-4-2-12(14)3-5-13/h2-5H,6-11H2,1H3. The quantitative estimate of drug-likeness (QED) is 0.713. The third-order valence-corrected chi connectivity index (χ3v) is 7.34. The minimum absolute atomic E-state index is 0.00501. The van der Waals surface area contributed by atoms with E-state index in [1.165, 1.54) is 27.9 Å². The van der Waals surface area contributed by atoms with Crippen LogP contribution in [0, 0.1) is 5.82 Å². The molecule has 0 radical (unpaired) electrons. The number of sulfonamides is 2. The maximum absolute atomic E-state index is 12.9. The predicted molar refractivity (Wildman–Crippen MR) is 82.4 cm³/mol. The van der Waals surface area contributed by atoms with Gasteiger partial charge in [-0.05, 0) is 24.3 Å². The fourth-order valence-corrected chi connectivity index (χ4v) is 5.04. The lowest BCUT2D eigenvalue weighted by molar-refractivity contribution is 0.213. The van der Waals surface area contributed by atoms with E-state index in [0.29, 0.717) is 0 Å². The predicted octanol–water partition coefficient (Wildman–Crippen LogP) is 0.108. The molecule has 0 saturated carbocycles. The van der Waals surface area contributed by atoms with Crippen molar-refractivity contribution in [1.29, 1.82) is 0 Å². The van der Waals surface area contributed by atoms with Crippen molar-refractivity contribution in [2.24, 2.45) is 0 Å². The molecule has 2 rings (SSSR count). The van der Waals surface area contributed by atoms with Gasteiger partial charge in [0.25, 0.3) is 0 Å². The highest BCUT2D eigenvalue weighted by atomic mass is 32.2. The summed E-state index contributed by atoms with van der Waals surface area (Å²) in [5.41, 5.74) is 0. The molecule has 1 saturated heterocycles. The van der Waals surface area contributed by atoms with Crippen molar-refractivity contribution in [3.63, 3.8) is 0 Å².